The smallest absolute Gasteiger partial charge is 0.261 e. The molecule has 1 N–H and O–H groups in total. The van der Waals surface area contributed by atoms with Crippen LogP contribution in [0.2, 0.25) is 10.0 Å². The fourth-order valence-corrected chi connectivity index (χ4v) is 4.03. The highest BCUT2D eigenvalue weighted by atomic mass is 79.9. The zero-order chi connectivity index (χ0) is 23.1. The molecule has 2 amide bonds. The van der Waals surface area contributed by atoms with Crippen LogP contribution in [-0.2, 0) is 16.1 Å². The van der Waals surface area contributed by atoms with Crippen LogP contribution in [0.15, 0.2) is 34.8 Å². The van der Waals surface area contributed by atoms with Crippen LogP contribution in [0, 0.1) is 13.8 Å². The van der Waals surface area contributed by atoms with E-state index >= 15 is 0 Å². The van der Waals surface area contributed by atoms with Crippen LogP contribution in [0.1, 0.15) is 37.0 Å². The van der Waals surface area contributed by atoms with Gasteiger partial charge < -0.3 is 15.0 Å². The summed E-state index contributed by atoms with van der Waals surface area (Å²) in [7, 11) is 0. The molecular formula is C23H27BrCl2N2O3. The van der Waals surface area contributed by atoms with E-state index in [-0.39, 0.29) is 25.0 Å². The summed E-state index contributed by atoms with van der Waals surface area (Å²) in [6.45, 7) is 7.98. The van der Waals surface area contributed by atoms with E-state index in [1.807, 2.05) is 39.8 Å². The third kappa shape index (κ3) is 6.61. The van der Waals surface area contributed by atoms with E-state index in [0.29, 0.717) is 34.3 Å². The zero-order valence-electron chi connectivity index (χ0n) is 18.1. The summed E-state index contributed by atoms with van der Waals surface area (Å²) in [6, 6.07) is 8.21. The molecule has 0 aliphatic heterocycles. The Kier molecular flexibility index (Phi) is 9.66. The van der Waals surface area contributed by atoms with Crippen molar-refractivity contribution in [2.75, 3.05) is 13.2 Å². The number of ether oxygens (including phenoxy) is 1. The maximum atomic E-state index is 13.2. The van der Waals surface area contributed by atoms with Crippen LogP contribution in [-0.4, -0.2) is 35.9 Å². The highest BCUT2D eigenvalue weighted by molar-refractivity contribution is 9.10. The number of hydrogen-bond donors (Lipinski definition) is 1. The number of rotatable bonds is 9. The molecule has 168 valence electrons. The second-order valence-electron chi connectivity index (χ2n) is 7.20. The van der Waals surface area contributed by atoms with Gasteiger partial charge in [0.25, 0.3) is 5.91 Å². The lowest BCUT2D eigenvalue weighted by molar-refractivity contribution is -0.142. The molecule has 1 atom stereocenters. The number of carbonyl (C=O) groups excluding carboxylic acids is 2. The molecular weight excluding hydrogens is 503 g/mol. The lowest BCUT2D eigenvalue weighted by Gasteiger charge is -2.31. The molecule has 8 heteroatoms. The Morgan fingerprint density at radius 3 is 2.23 bits per heavy atom. The number of aryl methyl sites for hydroxylation is 2. The summed E-state index contributed by atoms with van der Waals surface area (Å²) in [4.78, 5) is 27.4. The lowest BCUT2D eigenvalue weighted by atomic mass is 10.1. The summed E-state index contributed by atoms with van der Waals surface area (Å²) < 4.78 is 6.79. The number of nitrogens with zero attached hydrogens (tertiary/aromatic N) is 1. The van der Waals surface area contributed by atoms with E-state index in [4.69, 9.17) is 27.9 Å². The molecule has 0 heterocycles. The number of likely N-dealkylation sites (N-methyl/N-ethyl adjacent to an activating group) is 1. The van der Waals surface area contributed by atoms with E-state index in [2.05, 4.69) is 21.2 Å². The maximum absolute atomic E-state index is 13.2. The van der Waals surface area contributed by atoms with Crippen molar-refractivity contribution in [1.29, 1.82) is 0 Å². The minimum absolute atomic E-state index is 0.106. The average molecular weight is 530 g/mol. The number of carbonyl (C=O) groups is 2. The highest BCUT2D eigenvalue weighted by Gasteiger charge is 2.29. The Balaban J connectivity index is 2.30. The van der Waals surface area contributed by atoms with Gasteiger partial charge in [0.2, 0.25) is 5.91 Å². The molecule has 0 aromatic heterocycles. The van der Waals surface area contributed by atoms with E-state index in [1.165, 1.54) is 4.90 Å². The van der Waals surface area contributed by atoms with Gasteiger partial charge in [-0.15, -0.1) is 0 Å². The van der Waals surface area contributed by atoms with E-state index < -0.39 is 6.04 Å². The van der Waals surface area contributed by atoms with Gasteiger partial charge in [-0.3, -0.25) is 9.59 Å². The molecule has 5 nitrogen and oxygen atoms in total. The van der Waals surface area contributed by atoms with Crippen LogP contribution in [0.5, 0.6) is 5.75 Å². The molecule has 2 aromatic rings. The molecule has 0 spiro atoms. The predicted octanol–water partition coefficient (Wildman–Crippen LogP) is 5.70. The van der Waals surface area contributed by atoms with Crippen molar-refractivity contribution in [3.8, 4) is 5.75 Å². The summed E-state index contributed by atoms with van der Waals surface area (Å²) in [6.07, 6.45) is 0.441. The number of halogens is 3. The molecule has 31 heavy (non-hydrogen) atoms. The normalized spacial score (nSPS) is 11.7. The molecule has 0 fully saturated rings. The van der Waals surface area contributed by atoms with Crippen LogP contribution in [0.4, 0.5) is 0 Å². The quantitative estimate of drug-likeness (QED) is 0.453. The van der Waals surface area contributed by atoms with Gasteiger partial charge in [-0.1, -0.05) is 52.1 Å². The minimum atomic E-state index is -0.670. The fourth-order valence-electron chi connectivity index (χ4n) is 3.28. The zero-order valence-corrected chi connectivity index (χ0v) is 21.2. The Morgan fingerprint density at radius 2 is 1.71 bits per heavy atom. The molecule has 0 aliphatic carbocycles. The molecule has 0 bridgehead atoms. The van der Waals surface area contributed by atoms with Crippen LogP contribution in [0.25, 0.3) is 0 Å². The first kappa shape index (κ1) is 25.5. The van der Waals surface area contributed by atoms with Crippen molar-refractivity contribution in [3.05, 3.63) is 61.5 Å². The molecule has 0 saturated carbocycles. The molecule has 0 radical (unpaired) electrons. The standard InChI is InChI=1S/C23H27BrCl2N2O3/c1-5-20(23(30)27-6-2)28(12-17-18(25)8-7-9-19(17)26)21(29)13-31-16-10-14(3)22(24)15(4)11-16/h7-11,20H,5-6,12-13H2,1-4H3,(H,27,30). The molecule has 1 unspecified atom stereocenters. The molecule has 0 saturated heterocycles. The van der Waals surface area contributed by atoms with Gasteiger partial charge in [-0.05, 0) is 62.6 Å². The highest BCUT2D eigenvalue weighted by Crippen LogP contribution is 2.28. The third-order valence-corrected chi connectivity index (χ3v) is 6.86. The largest absolute Gasteiger partial charge is 0.484 e. The van der Waals surface area contributed by atoms with Gasteiger partial charge >= 0.3 is 0 Å². The first-order chi connectivity index (χ1) is 14.7. The van der Waals surface area contributed by atoms with E-state index in [0.717, 1.165) is 15.6 Å². The SMILES string of the molecule is CCNC(=O)C(CC)N(Cc1c(Cl)cccc1Cl)C(=O)COc1cc(C)c(Br)c(C)c1. The van der Waals surface area contributed by atoms with Crippen molar-refractivity contribution in [2.45, 2.75) is 46.7 Å². The number of benzene rings is 2. The van der Waals surface area contributed by atoms with E-state index in [9.17, 15) is 9.59 Å². The van der Waals surface area contributed by atoms with Gasteiger partial charge in [-0.25, -0.2) is 0 Å². The molecule has 2 aromatic carbocycles. The topological polar surface area (TPSA) is 58.6 Å². The fraction of sp³-hybridized carbons (Fsp3) is 0.391. The molecule has 0 aliphatic rings. The first-order valence-electron chi connectivity index (χ1n) is 10.1. The van der Waals surface area contributed by atoms with Gasteiger partial charge in [0.1, 0.15) is 11.8 Å². The minimum Gasteiger partial charge on any atom is -0.484 e. The van der Waals surface area contributed by atoms with Gasteiger partial charge in [0.05, 0.1) is 0 Å². The Labute approximate surface area is 202 Å². The summed E-state index contributed by atoms with van der Waals surface area (Å²) in [5, 5.41) is 3.68. The predicted molar refractivity (Wildman–Crippen MR) is 129 cm³/mol. The summed E-state index contributed by atoms with van der Waals surface area (Å²) in [5.74, 6) is 0.0394. The van der Waals surface area contributed by atoms with Gasteiger partial charge in [0.15, 0.2) is 6.61 Å². The summed E-state index contributed by atoms with van der Waals surface area (Å²) in [5.41, 5.74) is 2.61. The molecule has 2 rings (SSSR count). The van der Waals surface area contributed by atoms with Gasteiger partial charge in [-0.2, -0.15) is 0 Å². The second-order valence-corrected chi connectivity index (χ2v) is 8.81. The van der Waals surface area contributed by atoms with E-state index in [1.54, 1.807) is 18.2 Å². The lowest BCUT2D eigenvalue weighted by Crippen LogP contribution is -2.50. The number of amides is 2. The number of hydrogen-bond acceptors (Lipinski definition) is 3. The average Bonchev–Trinajstić information content (AvgIpc) is 2.72. The van der Waals surface area contributed by atoms with Crippen molar-refractivity contribution >= 4 is 50.9 Å². The van der Waals surface area contributed by atoms with Crippen molar-refractivity contribution < 1.29 is 14.3 Å². The monoisotopic (exact) mass is 528 g/mol. The van der Waals surface area contributed by atoms with Crippen LogP contribution < -0.4 is 10.1 Å². The summed E-state index contributed by atoms with van der Waals surface area (Å²) >= 11 is 16.2. The van der Waals surface area contributed by atoms with Gasteiger partial charge in [0, 0.05) is 33.2 Å². The maximum Gasteiger partial charge on any atom is 0.261 e. The van der Waals surface area contributed by atoms with Crippen LogP contribution >= 0.6 is 39.1 Å². The first-order valence-corrected chi connectivity index (χ1v) is 11.6. The van der Waals surface area contributed by atoms with Crippen molar-refractivity contribution in [1.82, 2.24) is 10.2 Å². The Bertz CT molecular complexity index is 909. The Morgan fingerprint density at radius 1 is 1.13 bits per heavy atom. The van der Waals surface area contributed by atoms with Crippen LogP contribution in [0.3, 0.4) is 0 Å². The third-order valence-electron chi connectivity index (χ3n) is 4.90. The Hall–Kier alpha value is -1.76. The van der Waals surface area contributed by atoms with Crippen molar-refractivity contribution in [3.63, 3.8) is 0 Å². The van der Waals surface area contributed by atoms with Crippen molar-refractivity contribution in [2.24, 2.45) is 0 Å². The number of nitrogens with one attached hydrogen (secondary N) is 1. The second kappa shape index (κ2) is 11.7.